The first kappa shape index (κ1) is 20.9. The SMILES string of the molecule is COc1ccc(-c2ccc(C(=O)C3CCC(Cc4ccccc4)C3C(=O)O)cc2)cc1. The summed E-state index contributed by atoms with van der Waals surface area (Å²) in [6.07, 6.45) is 2.07. The van der Waals surface area contributed by atoms with Crippen molar-refractivity contribution in [2.24, 2.45) is 17.8 Å². The summed E-state index contributed by atoms with van der Waals surface area (Å²) in [5, 5.41) is 9.90. The molecule has 1 aliphatic carbocycles. The van der Waals surface area contributed by atoms with Crippen LogP contribution in [0.1, 0.15) is 28.8 Å². The van der Waals surface area contributed by atoms with Gasteiger partial charge < -0.3 is 9.84 Å². The number of benzene rings is 3. The normalized spacial score (nSPS) is 20.4. The second-order valence-corrected chi connectivity index (χ2v) is 8.17. The van der Waals surface area contributed by atoms with Crippen LogP contribution in [0.3, 0.4) is 0 Å². The lowest BCUT2D eigenvalue weighted by molar-refractivity contribution is -0.144. The summed E-state index contributed by atoms with van der Waals surface area (Å²) in [6.45, 7) is 0. The number of carbonyl (C=O) groups is 2. The molecule has 3 aromatic carbocycles. The van der Waals surface area contributed by atoms with Crippen LogP contribution in [0.5, 0.6) is 5.75 Å². The highest BCUT2D eigenvalue weighted by Gasteiger charge is 2.44. The summed E-state index contributed by atoms with van der Waals surface area (Å²) in [5.41, 5.74) is 3.74. The third-order valence-electron chi connectivity index (χ3n) is 6.35. The van der Waals surface area contributed by atoms with Crippen molar-refractivity contribution in [3.63, 3.8) is 0 Å². The van der Waals surface area contributed by atoms with Crippen molar-refractivity contribution in [1.29, 1.82) is 0 Å². The molecule has 3 aromatic rings. The maximum absolute atomic E-state index is 13.2. The molecule has 31 heavy (non-hydrogen) atoms. The molecule has 0 bridgehead atoms. The van der Waals surface area contributed by atoms with E-state index >= 15 is 0 Å². The average Bonchev–Trinajstić information content (AvgIpc) is 3.23. The van der Waals surface area contributed by atoms with Crippen LogP contribution in [0.2, 0.25) is 0 Å². The molecule has 1 fully saturated rings. The fourth-order valence-corrected chi connectivity index (χ4v) is 4.72. The van der Waals surface area contributed by atoms with Crippen molar-refractivity contribution >= 4 is 11.8 Å². The number of hydrogen-bond acceptors (Lipinski definition) is 3. The van der Waals surface area contributed by atoms with Gasteiger partial charge in [0.05, 0.1) is 13.0 Å². The minimum absolute atomic E-state index is 0.0209. The Hall–Kier alpha value is -3.40. The molecule has 0 heterocycles. The molecule has 3 unspecified atom stereocenters. The van der Waals surface area contributed by atoms with E-state index in [1.165, 1.54) is 0 Å². The minimum atomic E-state index is -0.869. The number of carboxylic acid groups (broad SMARTS) is 1. The van der Waals surface area contributed by atoms with Crippen molar-refractivity contribution in [2.75, 3.05) is 7.11 Å². The largest absolute Gasteiger partial charge is 0.497 e. The fraction of sp³-hybridized carbons (Fsp3) is 0.259. The van der Waals surface area contributed by atoms with Gasteiger partial charge in [-0.1, -0.05) is 66.7 Å². The predicted octanol–water partition coefficient (Wildman–Crippen LogP) is 5.51. The molecule has 0 amide bonds. The molecule has 1 saturated carbocycles. The Morgan fingerprint density at radius 3 is 2.06 bits per heavy atom. The highest BCUT2D eigenvalue weighted by molar-refractivity contribution is 6.00. The summed E-state index contributed by atoms with van der Waals surface area (Å²) in [7, 11) is 1.63. The molecule has 0 aliphatic heterocycles. The molecule has 4 rings (SSSR count). The number of carbonyl (C=O) groups excluding carboxylic acids is 1. The standard InChI is InChI=1S/C27H26O4/c1-31-23-14-11-20(12-15-23)19-7-9-21(10-8-19)26(28)24-16-13-22(25(24)27(29)30)17-18-5-3-2-4-6-18/h2-12,14-15,22,24-25H,13,16-17H2,1H3,(H,29,30). The van der Waals surface area contributed by atoms with Gasteiger partial charge in [0.1, 0.15) is 5.75 Å². The van der Waals surface area contributed by atoms with Crippen LogP contribution >= 0.6 is 0 Å². The zero-order valence-corrected chi connectivity index (χ0v) is 17.5. The Balaban J connectivity index is 1.50. The van der Waals surface area contributed by atoms with E-state index in [4.69, 9.17) is 4.74 Å². The number of hydrogen-bond donors (Lipinski definition) is 1. The second-order valence-electron chi connectivity index (χ2n) is 8.17. The molecular weight excluding hydrogens is 388 g/mol. The van der Waals surface area contributed by atoms with E-state index in [-0.39, 0.29) is 11.7 Å². The lowest BCUT2D eigenvalue weighted by atomic mass is 9.82. The third-order valence-corrected chi connectivity index (χ3v) is 6.35. The molecule has 4 heteroatoms. The van der Waals surface area contributed by atoms with E-state index < -0.39 is 17.8 Å². The summed E-state index contributed by atoms with van der Waals surface area (Å²) < 4.78 is 5.20. The van der Waals surface area contributed by atoms with Crippen molar-refractivity contribution in [3.8, 4) is 16.9 Å². The number of aliphatic carboxylic acids is 1. The quantitative estimate of drug-likeness (QED) is 0.518. The van der Waals surface area contributed by atoms with Gasteiger partial charge in [-0.25, -0.2) is 0 Å². The second kappa shape index (κ2) is 9.17. The minimum Gasteiger partial charge on any atom is -0.497 e. The molecule has 0 saturated heterocycles. The van der Waals surface area contributed by atoms with E-state index in [1.807, 2.05) is 78.9 Å². The first-order chi connectivity index (χ1) is 15.1. The molecule has 0 spiro atoms. The van der Waals surface area contributed by atoms with E-state index in [0.29, 0.717) is 18.4 Å². The van der Waals surface area contributed by atoms with Crippen molar-refractivity contribution in [2.45, 2.75) is 19.3 Å². The lowest BCUT2D eigenvalue weighted by Crippen LogP contribution is -2.30. The predicted molar refractivity (Wildman–Crippen MR) is 120 cm³/mol. The van der Waals surface area contributed by atoms with E-state index in [1.54, 1.807) is 7.11 Å². The number of carboxylic acids is 1. The van der Waals surface area contributed by atoms with Crippen LogP contribution in [0.15, 0.2) is 78.9 Å². The smallest absolute Gasteiger partial charge is 0.307 e. The van der Waals surface area contributed by atoms with Gasteiger partial charge in [-0.3, -0.25) is 9.59 Å². The Kier molecular flexibility index (Phi) is 6.17. The van der Waals surface area contributed by atoms with Gasteiger partial charge in [0.25, 0.3) is 0 Å². The summed E-state index contributed by atoms with van der Waals surface area (Å²) >= 11 is 0. The first-order valence-electron chi connectivity index (χ1n) is 10.6. The zero-order valence-electron chi connectivity index (χ0n) is 17.5. The van der Waals surface area contributed by atoms with Crippen LogP contribution < -0.4 is 4.74 Å². The molecule has 1 N–H and O–H groups in total. The maximum atomic E-state index is 13.2. The first-order valence-corrected chi connectivity index (χ1v) is 10.6. The van der Waals surface area contributed by atoms with Crippen LogP contribution in [0.25, 0.3) is 11.1 Å². The number of Topliss-reactive ketones (excluding diaryl/α,β-unsaturated/α-hetero) is 1. The van der Waals surface area contributed by atoms with Gasteiger partial charge in [0.2, 0.25) is 0 Å². The summed E-state index contributed by atoms with van der Waals surface area (Å²) in [6, 6.07) is 25.1. The Labute approximate surface area is 182 Å². The van der Waals surface area contributed by atoms with E-state index in [0.717, 1.165) is 28.9 Å². The molecule has 4 nitrogen and oxygen atoms in total. The Morgan fingerprint density at radius 2 is 1.48 bits per heavy atom. The number of ketones is 1. The van der Waals surface area contributed by atoms with E-state index in [2.05, 4.69) is 0 Å². The van der Waals surface area contributed by atoms with Crippen molar-refractivity contribution < 1.29 is 19.4 Å². The van der Waals surface area contributed by atoms with Gasteiger partial charge in [-0.15, -0.1) is 0 Å². The molecular formula is C27H26O4. The van der Waals surface area contributed by atoms with Gasteiger partial charge in [0.15, 0.2) is 5.78 Å². The zero-order chi connectivity index (χ0) is 21.8. The van der Waals surface area contributed by atoms with Gasteiger partial charge in [-0.05, 0) is 54.0 Å². The number of ether oxygens (including phenoxy) is 1. The van der Waals surface area contributed by atoms with E-state index in [9.17, 15) is 14.7 Å². The van der Waals surface area contributed by atoms with Crippen LogP contribution in [0.4, 0.5) is 0 Å². The lowest BCUT2D eigenvalue weighted by Gasteiger charge is -2.20. The van der Waals surface area contributed by atoms with Crippen molar-refractivity contribution in [1.82, 2.24) is 0 Å². The average molecular weight is 415 g/mol. The maximum Gasteiger partial charge on any atom is 0.307 e. The monoisotopic (exact) mass is 414 g/mol. The Bertz CT molecular complexity index is 1040. The van der Waals surface area contributed by atoms with Gasteiger partial charge in [-0.2, -0.15) is 0 Å². The molecule has 3 atom stereocenters. The van der Waals surface area contributed by atoms with Gasteiger partial charge in [0, 0.05) is 11.5 Å². The molecule has 0 radical (unpaired) electrons. The summed E-state index contributed by atoms with van der Waals surface area (Å²) in [5.74, 6) is -1.28. The van der Waals surface area contributed by atoms with Gasteiger partial charge >= 0.3 is 5.97 Å². The molecule has 1 aliphatic rings. The van der Waals surface area contributed by atoms with Crippen LogP contribution in [-0.4, -0.2) is 24.0 Å². The molecule has 0 aromatic heterocycles. The Morgan fingerprint density at radius 1 is 0.871 bits per heavy atom. The highest BCUT2D eigenvalue weighted by Crippen LogP contribution is 2.41. The fourth-order valence-electron chi connectivity index (χ4n) is 4.72. The topological polar surface area (TPSA) is 63.6 Å². The van der Waals surface area contributed by atoms with Crippen molar-refractivity contribution in [3.05, 3.63) is 90.0 Å². The number of methoxy groups -OCH3 is 1. The highest BCUT2D eigenvalue weighted by atomic mass is 16.5. The number of rotatable bonds is 7. The summed E-state index contributed by atoms with van der Waals surface area (Å²) in [4.78, 5) is 25.3. The third kappa shape index (κ3) is 4.53. The van der Waals surface area contributed by atoms with Crippen LogP contribution in [0, 0.1) is 17.8 Å². The van der Waals surface area contributed by atoms with Crippen LogP contribution in [-0.2, 0) is 11.2 Å². The molecule has 158 valence electrons.